The molecule has 0 aliphatic carbocycles. The first kappa shape index (κ1) is 8.53. The summed E-state index contributed by atoms with van der Waals surface area (Å²) in [6.07, 6.45) is 2.87. The van der Waals surface area contributed by atoms with Gasteiger partial charge in [0.15, 0.2) is 0 Å². The minimum absolute atomic E-state index is 0.146. The number of nitrogens with one attached hydrogen (secondary N) is 1. The summed E-state index contributed by atoms with van der Waals surface area (Å²) in [4.78, 5) is 11.1. The van der Waals surface area contributed by atoms with E-state index in [0.29, 0.717) is 0 Å². The molecule has 0 bridgehead atoms. The highest BCUT2D eigenvalue weighted by Gasteiger charge is 2.35. The molecule has 64 valence electrons. The van der Waals surface area contributed by atoms with E-state index in [9.17, 15) is 4.79 Å². The Morgan fingerprint density at radius 3 is 2.73 bits per heavy atom. The Labute approximate surface area is 67.3 Å². The lowest BCUT2D eigenvalue weighted by Gasteiger charge is -2.33. The van der Waals surface area contributed by atoms with Gasteiger partial charge in [0.25, 0.3) is 0 Å². The highest BCUT2D eigenvalue weighted by atomic mass is 16.1. The molecule has 1 aliphatic heterocycles. The maximum atomic E-state index is 11.1. The van der Waals surface area contributed by atoms with E-state index in [1.807, 2.05) is 6.92 Å². The van der Waals surface area contributed by atoms with Crippen LogP contribution in [-0.4, -0.2) is 19.0 Å². The molecular formula is C8H16N2O. The number of primary amides is 1. The highest BCUT2D eigenvalue weighted by molar-refractivity contribution is 5.81. The van der Waals surface area contributed by atoms with Crippen LogP contribution in [0.15, 0.2) is 0 Å². The standard InChI is InChI=1S/C8H16N2O/c1-2-8(7(9)11)4-3-5-10-6-8/h10H,2-6H2,1H3,(H2,9,11)/t8-/m1/s1. The van der Waals surface area contributed by atoms with Gasteiger partial charge in [0.1, 0.15) is 0 Å². The summed E-state index contributed by atoms with van der Waals surface area (Å²) < 4.78 is 0. The quantitative estimate of drug-likeness (QED) is 0.602. The van der Waals surface area contributed by atoms with Crippen LogP contribution in [0, 0.1) is 5.41 Å². The minimum atomic E-state index is -0.252. The van der Waals surface area contributed by atoms with E-state index in [1.165, 1.54) is 0 Å². The van der Waals surface area contributed by atoms with Gasteiger partial charge < -0.3 is 11.1 Å². The number of nitrogens with two attached hydrogens (primary N) is 1. The number of carbonyl (C=O) groups is 1. The van der Waals surface area contributed by atoms with Crippen LogP contribution in [0.5, 0.6) is 0 Å². The smallest absolute Gasteiger partial charge is 0.224 e. The van der Waals surface area contributed by atoms with Gasteiger partial charge in [-0.2, -0.15) is 0 Å². The Morgan fingerprint density at radius 2 is 2.45 bits per heavy atom. The van der Waals surface area contributed by atoms with Crippen LogP contribution in [0.3, 0.4) is 0 Å². The summed E-state index contributed by atoms with van der Waals surface area (Å²) >= 11 is 0. The largest absolute Gasteiger partial charge is 0.369 e. The van der Waals surface area contributed by atoms with Gasteiger partial charge in [-0.05, 0) is 25.8 Å². The van der Waals surface area contributed by atoms with Crippen LogP contribution in [0.1, 0.15) is 26.2 Å². The van der Waals surface area contributed by atoms with Gasteiger partial charge >= 0.3 is 0 Å². The molecule has 1 heterocycles. The van der Waals surface area contributed by atoms with Crippen LogP contribution in [0.25, 0.3) is 0 Å². The Bertz CT molecular complexity index is 150. The summed E-state index contributed by atoms with van der Waals surface area (Å²) in [5.74, 6) is -0.146. The summed E-state index contributed by atoms with van der Waals surface area (Å²) in [6.45, 7) is 3.81. The van der Waals surface area contributed by atoms with Gasteiger partial charge in [0, 0.05) is 6.54 Å². The molecule has 0 unspecified atom stereocenters. The molecule has 1 atom stereocenters. The summed E-state index contributed by atoms with van der Waals surface area (Å²) in [7, 11) is 0. The fourth-order valence-corrected chi connectivity index (χ4v) is 1.65. The second kappa shape index (κ2) is 3.22. The molecular weight excluding hydrogens is 140 g/mol. The van der Waals surface area contributed by atoms with E-state index >= 15 is 0 Å². The van der Waals surface area contributed by atoms with Crippen molar-refractivity contribution < 1.29 is 4.79 Å². The summed E-state index contributed by atoms with van der Waals surface area (Å²) in [6, 6.07) is 0. The molecule has 0 aromatic heterocycles. The third-order valence-electron chi connectivity index (χ3n) is 2.67. The molecule has 0 aromatic rings. The average Bonchev–Trinajstić information content (AvgIpc) is 2.05. The van der Waals surface area contributed by atoms with E-state index in [-0.39, 0.29) is 11.3 Å². The maximum Gasteiger partial charge on any atom is 0.224 e. The van der Waals surface area contributed by atoms with E-state index in [4.69, 9.17) is 5.73 Å². The molecule has 1 saturated heterocycles. The minimum Gasteiger partial charge on any atom is -0.369 e. The molecule has 0 spiro atoms. The molecule has 0 radical (unpaired) electrons. The van der Waals surface area contributed by atoms with Crippen LogP contribution < -0.4 is 11.1 Å². The fourth-order valence-electron chi connectivity index (χ4n) is 1.65. The average molecular weight is 156 g/mol. The summed E-state index contributed by atoms with van der Waals surface area (Å²) in [5.41, 5.74) is 5.08. The number of piperidine rings is 1. The second-order valence-corrected chi connectivity index (χ2v) is 3.28. The van der Waals surface area contributed by atoms with Gasteiger partial charge in [0.2, 0.25) is 5.91 Å². The van der Waals surface area contributed by atoms with Crippen molar-refractivity contribution in [3.05, 3.63) is 0 Å². The zero-order valence-corrected chi connectivity index (χ0v) is 7.02. The molecule has 1 amide bonds. The van der Waals surface area contributed by atoms with Crippen LogP contribution in [-0.2, 0) is 4.79 Å². The van der Waals surface area contributed by atoms with Crippen LogP contribution in [0.2, 0.25) is 0 Å². The first-order valence-electron chi connectivity index (χ1n) is 4.22. The lowest BCUT2D eigenvalue weighted by molar-refractivity contribution is -0.128. The Balaban J connectivity index is 2.64. The third-order valence-corrected chi connectivity index (χ3v) is 2.67. The molecule has 0 saturated carbocycles. The van der Waals surface area contributed by atoms with E-state index in [2.05, 4.69) is 5.32 Å². The Kier molecular flexibility index (Phi) is 2.49. The van der Waals surface area contributed by atoms with Crippen molar-refractivity contribution in [2.75, 3.05) is 13.1 Å². The SMILES string of the molecule is CC[C@@]1(C(N)=O)CCCNC1. The molecule has 11 heavy (non-hydrogen) atoms. The molecule has 1 rings (SSSR count). The first-order valence-corrected chi connectivity index (χ1v) is 4.22. The van der Waals surface area contributed by atoms with Crippen LogP contribution >= 0.6 is 0 Å². The zero-order chi connectivity index (χ0) is 8.32. The van der Waals surface area contributed by atoms with Crippen molar-refractivity contribution in [1.29, 1.82) is 0 Å². The van der Waals surface area contributed by atoms with Gasteiger partial charge in [-0.1, -0.05) is 6.92 Å². The van der Waals surface area contributed by atoms with E-state index in [0.717, 1.165) is 32.4 Å². The van der Waals surface area contributed by atoms with Gasteiger partial charge in [-0.25, -0.2) is 0 Å². The molecule has 3 nitrogen and oxygen atoms in total. The monoisotopic (exact) mass is 156 g/mol. The molecule has 1 aliphatic rings. The van der Waals surface area contributed by atoms with Crippen LogP contribution in [0.4, 0.5) is 0 Å². The predicted molar refractivity (Wildman–Crippen MR) is 44.0 cm³/mol. The first-order chi connectivity index (χ1) is 5.21. The normalized spacial score (nSPS) is 31.7. The van der Waals surface area contributed by atoms with Crippen molar-refractivity contribution in [3.8, 4) is 0 Å². The Morgan fingerprint density at radius 1 is 1.73 bits per heavy atom. The molecule has 3 heteroatoms. The lowest BCUT2D eigenvalue weighted by atomic mass is 9.78. The number of amides is 1. The van der Waals surface area contributed by atoms with E-state index in [1.54, 1.807) is 0 Å². The third kappa shape index (κ3) is 1.53. The Hall–Kier alpha value is -0.570. The van der Waals surface area contributed by atoms with Crippen molar-refractivity contribution in [2.45, 2.75) is 26.2 Å². The number of carbonyl (C=O) groups excluding carboxylic acids is 1. The molecule has 1 fully saturated rings. The number of rotatable bonds is 2. The summed E-state index contributed by atoms with van der Waals surface area (Å²) in [5, 5.41) is 3.21. The van der Waals surface area contributed by atoms with Crippen molar-refractivity contribution in [2.24, 2.45) is 11.1 Å². The van der Waals surface area contributed by atoms with Gasteiger partial charge in [-0.15, -0.1) is 0 Å². The van der Waals surface area contributed by atoms with Crippen molar-refractivity contribution >= 4 is 5.91 Å². The molecule has 3 N–H and O–H groups in total. The second-order valence-electron chi connectivity index (χ2n) is 3.28. The number of hydrogen-bond donors (Lipinski definition) is 2. The fraction of sp³-hybridized carbons (Fsp3) is 0.875. The maximum absolute atomic E-state index is 11.1. The predicted octanol–water partition coefficient (Wildman–Crippen LogP) is 0.252. The van der Waals surface area contributed by atoms with Crippen molar-refractivity contribution in [3.63, 3.8) is 0 Å². The number of hydrogen-bond acceptors (Lipinski definition) is 2. The highest BCUT2D eigenvalue weighted by Crippen LogP contribution is 2.29. The zero-order valence-electron chi connectivity index (χ0n) is 7.02. The lowest BCUT2D eigenvalue weighted by Crippen LogP contribution is -2.48. The molecule has 0 aromatic carbocycles. The topological polar surface area (TPSA) is 55.1 Å². The van der Waals surface area contributed by atoms with Crippen molar-refractivity contribution in [1.82, 2.24) is 5.32 Å². The van der Waals surface area contributed by atoms with E-state index < -0.39 is 0 Å². The van der Waals surface area contributed by atoms with Gasteiger partial charge in [0.05, 0.1) is 5.41 Å². The van der Waals surface area contributed by atoms with Gasteiger partial charge in [-0.3, -0.25) is 4.79 Å².